The minimum Gasteiger partial charge on any atom is -0.350 e. The van der Waals surface area contributed by atoms with E-state index in [4.69, 9.17) is 0 Å². The molecule has 0 saturated heterocycles. The van der Waals surface area contributed by atoms with Gasteiger partial charge in [-0.25, -0.2) is 9.78 Å². The Hall–Kier alpha value is -3.22. The van der Waals surface area contributed by atoms with Crippen LogP contribution in [-0.4, -0.2) is 25.6 Å². The van der Waals surface area contributed by atoms with E-state index in [1.807, 2.05) is 51.1 Å². The summed E-state index contributed by atoms with van der Waals surface area (Å²) in [6.07, 6.45) is 1.50. The maximum Gasteiger partial charge on any atom is 0.332 e. The smallest absolute Gasteiger partial charge is 0.332 e. The summed E-state index contributed by atoms with van der Waals surface area (Å²) in [5.74, 6) is -0.306. The van der Waals surface area contributed by atoms with Crippen LogP contribution in [0.25, 0.3) is 11.0 Å². The predicted molar refractivity (Wildman–Crippen MR) is 104 cm³/mol. The van der Waals surface area contributed by atoms with Crippen LogP contribution in [0.2, 0.25) is 0 Å². The van der Waals surface area contributed by atoms with Crippen molar-refractivity contribution < 1.29 is 4.79 Å². The number of amides is 1. The van der Waals surface area contributed by atoms with Crippen LogP contribution < -0.4 is 16.6 Å². The SMILES string of the molecule is CC(C)(C)NC(=O)Cn1c(=O)n(Cc2ccccc2)c(=O)c2ncccc21. The Morgan fingerprint density at radius 3 is 2.41 bits per heavy atom. The van der Waals surface area contributed by atoms with Gasteiger partial charge in [-0.05, 0) is 38.5 Å². The minimum atomic E-state index is -0.534. The molecule has 1 N–H and O–H groups in total. The van der Waals surface area contributed by atoms with Gasteiger partial charge in [0.2, 0.25) is 5.91 Å². The predicted octanol–water partition coefficient (Wildman–Crippen LogP) is 1.52. The molecule has 7 nitrogen and oxygen atoms in total. The van der Waals surface area contributed by atoms with Gasteiger partial charge in [-0.15, -0.1) is 0 Å². The molecule has 7 heteroatoms. The van der Waals surface area contributed by atoms with Crippen molar-refractivity contribution in [2.75, 3.05) is 0 Å². The molecule has 0 atom stereocenters. The number of nitrogens with one attached hydrogen (secondary N) is 1. The van der Waals surface area contributed by atoms with Crippen LogP contribution in [0.5, 0.6) is 0 Å². The second-order valence-corrected chi connectivity index (χ2v) is 7.41. The minimum absolute atomic E-state index is 0.117. The van der Waals surface area contributed by atoms with Crippen LogP contribution in [0.1, 0.15) is 26.3 Å². The molecule has 0 radical (unpaired) electrons. The van der Waals surface area contributed by atoms with E-state index in [-0.39, 0.29) is 24.5 Å². The lowest BCUT2D eigenvalue weighted by Gasteiger charge is -2.21. The van der Waals surface area contributed by atoms with Crippen molar-refractivity contribution in [3.63, 3.8) is 0 Å². The lowest BCUT2D eigenvalue weighted by molar-refractivity contribution is -0.123. The molecule has 0 aliphatic carbocycles. The lowest BCUT2D eigenvalue weighted by atomic mass is 10.1. The molecular formula is C20H22N4O3. The van der Waals surface area contributed by atoms with Gasteiger partial charge in [-0.2, -0.15) is 0 Å². The van der Waals surface area contributed by atoms with Gasteiger partial charge in [-0.3, -0.25) is 18.7 Å². The van der Waals surface area contributed by atoms with Crippen molar-refractivity contribution >= 4 is 16.9 Å². The van der Waals surface area contributed by atoms with Crippen molar-refractivity contribution in [1.82, 2.24) is 19.4 Å². The number of rotatable bonds is 4. The topological polar surface area (TPSA) is 86.0 Å². The van der Waals surface area contributed by atoms with Crippen molar-refractivity contribution in [3.05, 3.63) is 75.1 Å². The van der Waals surface area contributed by atoms with Crippen LogP contribution in [-0.2, 0) is 17.9 Å². The first-order valence-corrected chi connectivity index (χ1v) is 8.69. The van der Waals surface area contributed by atoms with E-state index >= 15 is 0 Å². The van der Waals surface area contributed by atoms with E-state index < -0.39 is 16.8 Å². The Kier molecular flexibility index (Phi) is 4.94. The number of carbonyl (C=O) groups excluding carboxylic acids is 1. The van der Waals surface area contributed by atoms with Crippen molar-refractivity contribution in [2.24, 2.45) is 0 Å². The standard InChI is InChI=1S/C20H22N4O3/c1-20(2,3)22-16(25)13-23-15-10-7-11-21-17(15)18(26)24(19(23)27)12-14-8-5-4-6-9-14/h4-11H,12-13H2,1-3H3,(H,22,25). The van der Waals surface area contributed by atoms with Crippen LogP contribution in [0.15, 0.2) is 58.3 Å². The maximum absolute atomic E-state index is 13.0. The van der Waals surface area contributed by atoms with E-state index in [0.29, 0.717) is 5.52 Å². The van der Waals surface area contributed by atoms with Gasteiger partial charge < -0.3 is 5.32 Å². The highest BCUT2D eigenvalue weighted by Gasteiger charge is 2.19. The summed E-state index contributed by atoms with van der Waals surface area (Å²) in [6.45, 7) is 5.52. The van der Waals surface area contributed by atoms with Gasteiger partial charge in [0.05, 0.1) is 12.1 Å². The van der Waals surface area contributed by atoms with Crippen LogP contribution in [0, 0.1) is 0 Å². The largest absolute Gasteiger partial charge is 0.350 e. The fourth-order valence-corrected chi connectivity index (χ4v) is 2.90. The molecule has 3 aromatic rings. The summed E-state index contributed by atoms with van der Waals surface area (Å²) >= 11 is 0. The Labute approximate surface area is 156 Å². The number of nitrogens with zero attached hydrogens (tertiary/aromatic N) is 3. The number of carbonyl (C=O) groups is 1. The number of aromatic nitrogens is 3. The average Bonchev–Trinajstić information content (AvgIpc) is 2.62. The molecule has 2 aromatic heterocycles. The molecule has 1 aromatic carbocycles. The zero-order chi connectivity index (χ0) is 19.6. The molecule has 3 rings (SSSR count). The molecule has 27 heavy (non-hydrogen) atoms. The molecule has 0 bridgehead atoms. The monoisotopic (exact) mass is 366 g/mol. The second-order valence-electron chi connectivity index (χ2n) is 7.41. The summed E-state index contributed by atoms with van der Waals surface area (Å²) in [5.41, 5.74) is -0.0942. The number of hydrogen-bond acceptors (Lipinski definition) is 4. The van der Waals surface area contributed by atoms with E-state index in [9.17, 15) is 14.4 Å². The molecule has 0 fully saturated rings. The van der Waals surface area contributed by atoms with Gasteiger partial charge >= 0.3 is 5.69 Å². The third-order valence-corrected chi connectivity index (χ3v) is 3.99. The molecule has 1 amide bonds. The molecular weight excluding hydrogens is 344 g/mol. The zero-order valence-electron chi connectivity index (χ0n) is 15.6. The lowest BCUT2D eigenvalue weighted by Crippen LogP contribution is -2.46. The Morgan fingerprint density at radius 1 is 1.04 bits per heavy atom. The third kappa shape index (κ3) is 4.13. The molecule has 0 saturated carbocycles. The van der Waals surface area contributed by atoms with Crippen LogP contribution >= 0.6 is 0 Å². The third-order valence-electron chi connectivity index (χ3n) is 3.99. The fourth-order valence-electron chi connectivity index (χ4n) is 2.90. The van der Waals surface area contributed by atoms with Crippen LogP contribution in [0.3, 0.4) is 0 Å². The highest BCUT2D eigenvalue weighted by molar-refractivity contribution is 5.80. The molecule has 140 valence electrons. The summed E-state index contributed by atoms with van der Waals surface area (Å²) in [6, 6.07) is 12.5. The highest BCUT2D eigenvalue weighted by Crippen LogP contribution is 2.07. The Balaban J connectivity index is 2.13. The van der Waals surface area contributed by atoms with Gasteiger partial charge in [-0.1, -0.05) is 30.3 Å². The molecule has 0 aliphatic heterocycles. The van der Waals surface area contributed by atoms with Gasteiger partial charge in [0.15, 0.2) is 5.52 Å². The van der Waals surface area contributed by atoms with E-state index in [0.717, 1.165) is 10.1 Å². The average molecular weight is 366 g/mol. The first kappa shape index (κ1) is 18.6. The van der Waals surface area contributed by atoms with E-state index in [2.05, 4.69) is 10.3 Å². The van der Waals surface area contributed by atoms with Gasteiger partial charge in [0.25, 0.3) is 5.56 Å². The van der Waals surface area contributed by atoms with E-state index in [1.54, 1.807) is 12.1 Å². The quantitative estimate of drug-likeness (QED) is 0.759. The second kappa shape index (κ2) is 7.19. The Morgan fingerprint density at radius 2 is 1.74 bits per heavy atom. The first-order valence-electron chi connectivity index (χ1n) is 8.69. The zero-order valence-corrected chi connectivity index (χ0v) is 15.6. The normalized spacial score (nSPS) is 11.5. The summed E-state index contributed by atoms with van der Waals surface area (Å²) in [4.78, 5) is 42.4. The molecule has 0 aliphatic rings. The number of benzene rings is 1. The fraction of sp³-hybridized carbons (Fsp3) is 0.300. The van der Waals surface area contributed by atoms with Crippen LogP contribution in [0.4, 0.5) is 0 Å². The summed E-state index contributed by atoms with van der Waals surface area (Å²) in [5, 5.41) is 2.84. The highest BCUT2D eigenvalue weighted by atomic mass is 16.2. The van der Waals surface area contributed by atoms with Crippen molar-refractivity contribution in [1.29, 1.82) is 0 Å². The van der Waals surface area contributed by atoms with Gasteiger partial charge in [0, 0.05) is 11.7 Å². The van der Waals surface area contributed by atoms with Crippen molar-refractivity contribution in [3.8, 4) is 0 Å². The number of hydrogen-bond donors (Lipinski definition) is 1. The number of fused-ring (bicyclic) bond motifs is 1. The first-order chi connectivity index (χ1) is 12.8. The van der Waals surface area contributed by atoms with Crippen molar-refractivity contribution in [2.45, 2.75) is 39.4 Å². The Bertz CT molecular complexity index is 1090. The molecule has 0 spiro atoms. The van der Waals surface area contributed by atoms with E-state index in [1.165, 1.54) is 10.8 Å². The van der Waals surface area contributed by atoms with Gasteiger partial charge in [0.1, 0.15) is 6.54 Å². The maximum atomic E-state index is 13.0. The molecule has 0 unspecified atom stereocenters. The summed E-state index contributed by atoms with van der Waals surface area (Å²) < 4.78 is 2.42. The number of pyridine rings is 1. The molecule has 2 heterocycles. The summed E-state index contributed by atoms with van der Waals surface area (Å²) in [7, 11) is 0.